The Bertz CT molecular complexity index is 1400. The van der Waals surface area contributed by atoms with Crippen molar-refractivity contribution < 1.29 is 14.4 Å². The molecular weight excluding hydrogens is 483 g/mol. The van der Waals surface area contributed by atoms with Crippen LogP contribution in [0.1, 0.15) is 23.5 Å². The van der Waals surface area contributed by atoms with Crippen LogP contribution in [0, 0.1) is 0 Å². The van der Waals surface area contributed by atoms with Crippen molar-refractivity contribution in [2.45, 2.75) is 18.8 Å². The number of pyridine rings is 1. The number of rotatable bonds is 6. The van der Waals surface area contributed by atoms with Crippen molar-refractivity contribution in [1.29, 1.82) is 0 Å². The monoisotopic (exact) mass is 506 g/mol. The molecule has 0 unspecified atom stereocenters. The second-order valence-corrected chi connectivity index (χ2v) is 9.42. The average Bonchev–Trinajstić information content (AvgIpc) is 2.86. The number of halogens is 2. The van der Waals surface area contributed by atoms with E-state index in [4.69, 9.17) is 37.8 Å². The summed E-state index contributed by atoms with van der Waals surface area (Å²) in [7, 11) is 3.43. The number of ether oxygens (including phenoxy) is 1. The van der Waals surface area contributed by atoms with Crippen LogP contribution in [0.5, 0.6) is 5.75 Å². The lowest BCUT2D eigenvalue weighted by Gasteiger charge is -2.26. The Labute approximate surface area is 214 Å². The van der Waals surface area contributed by atoms with Crippen LogP contribution in [0.2, 0.25) is 10.0 Å². The van der Waals surface area contributed by atoms with E-state index < -0.39 is 0 Å². The Morgan fingerprint density at radius 3 is 2.66 bits per heavy atom. The van der Waals surface area contributed by atoms with E-state index in [-0.39, 0.29) is 18.1 Å². The van der Waals surface area contributed by atoms with Crippen LogP contribution < -0.4 is 9.80 Å². The van der Waals surface area contributed by atoms with E-state index in [1.54, 1.807) is 24.4 Å². The molecule has 0 fully saturated rings. The molecule has 1 aromatic heterocycles. The fraction of sp³-hybridized carbons (Fsp3) is 0.214. The van der Waals surface area contributed by atoms with Crippen molar-refractivity contribution >= 4 is 45.6 Å². The number of carbonyl (C=O) groups is 1. The minimum atomic E-state index is -0.212. The van der Waals surface area contributed by atoms with Crippen molar-refractivity contribution in [3.63, 3.8) is 0 Å². The molecule has 0 amide bonds. The standard InChI is InChI=1S/C28H24Cl2N2O3/c1-32(34-2)28-18(14-25(33)22-10-11-35-26-9-4-3-6-23(22)26)16-31-27-21(7-5-8-24(27)28)17-12-19(29)15-20(30)13-17/h3-9,12-13,15-16,22H,10-11,14H2,1-2H3/t22-/m0/s1. The van der Waals surface area contributed by atoms with Gasteiger partial charge in [-0.25, -0.2) is 0 Å². The zero-order valence-electron chi connectivity index (χ0n) is 19.4. The number of nitrogens with zero attached hydrogens (tertiary/aromatic N) is 2. The third-order valence-corrected chi connectivity index (χ3v) is 6.86. The maximum Gasteiger partial charge on any atom is 0.145 e. The Hall–Kier alpha value is -3.12. The van der Waals surface area contributed by atoms with Gasteiger partial charge in [0.05, 0.1) is 24.9 Å². The summed E-state index contributed by atoms with van der Waals surface area (Å²) in [6.45, 7) is 0.528. The van der Waals surface area contributed by atoms with Crippen LogP contribution in [0.4, 0.5) is 5.69 Å². The van der Waals surface area contributed by atoms with E-state index in [1.807, 2.05) is 61.6 Å². The van der Waals surface area contributed by atoms with Crippen molar-refractivity contribution in [1.82, 2.24) is 4.98 Å². The quantitative estimate of drug-likeness (QED) is 0.266. The third-order valence-electron chi connectivity index (χ3n) is 6.42. The second kappa shape index (κ2) is 9.86. The van der Waals surface area contributed by atoms with Gasteiger partial charge in [0, 0.05) is 57.7 Å². The molecule has 0 N–H and O–H groups in total. The largest absolute Gasteiger partial charge is 0.493 e. The molecule has 0 radical (unpaired) electrons. The van der Waals surface area contributed by atoms with E-state index in [9.17, 15) is 4.79 Å². The maximum atomic E-state index is 13.5. The molecule has 3 aromatic carbocycles. The van der Waals surface area contributed by atoms with Crippen LogP contribution in [-0.2, 0) is 16.1 Å². The van der Waals surface area contributed by atoms with E-state index in [0.29, 0.717) is 23.1 Å². The number of benzene rings is 3. The fourth-order valence-corrected chi connectivity index (χ4v) is 5.30. The molecule has 0 saturated heterocycles. The minimum absolute atomic E-state index is 0.130. The van der Waals surface area contributed by atoms with Gasteiger partial charge in [-0.15, -0.1) is 0 Å². The van der Waals surface area contributed by atoms with Crippen LogP contribution in [0.15, 0.2) is 66.9 Å². The highest BCUT2D eigenvalue weighted by Crippen LogP contribution is 2.39. The molecule has 178 valence electrons. The van der Waals surface area contributed by atoms with Gasteiger partial charge in [-0.1, -0.05) is 59.6 Å². The Morgan fingerprint density at radius 2 is 1.89 bits per heavy atom. The zero-order valence-corrected chi connectivity index (χ0v) is 20.9. The van der Waals surface area contributed by atoms with Crippen molar-refractivity contribution in [2.75, 3.05) is 25.8 Å². The summed E-state index contributed by atoms with van der Waals surface area (Å²) in [4.78, 5) is 23.9. The van der Waals surface area contributed by atoms with E-state index in [0.717, 1.165) is 44.6 Å². The SMILES string of the molecule is CON(C)c1c(CC(=O)[C@H]2CCOc3ccccc32)cnc2c(-c3cc(Cl)cc(Cl)c3)cccc12. The lowest BCUT2D eigenvalue weighted by atomic mass is 9.86. The Morgan fingerprint density at radius 1 is 1.11 bits per heavy atom. The lowest BCUT2D eigenvalue weighted by Crippen LogP contribution is -2.24. The normalized spacial score (nSPS) is 14.9. The summed E-state index contributed by atoms with van der Waals surface area (Å²) in [5.74, 6) is 0.703. The van der Waals surface area contributed by atoms with Crippen molar-refractivity contribution in [3.05, 3.63) is 88.0 Å². The van der Waals surface area contributed by atoms with Gasteiger partial charge < -0.3 is 4.74 Å². The van der Waals surface area contributed by atoms with Gasteiger partial charge in [-0.05, 0) is 36.2 Å². The van der Waals surface area contributed by atoms with Gasteiger partial charge >= 0.3 is 0 Å². The molecule has 35 heavy (non-hydrogen) atoms. The van der Waals surface area contributed by atoms with Crippen LogP contribution in [0.25, 0.3) is 22.0 Å². The summed E-state index contributed by atoms with van der Waals surface area (Å²) in [5, 5.41) is 3.66. The molecule has 5 nitrogen and oxygen atoms in total. The van der Waals surface area contributed by atoms with Crippen LogP contribution in [0.3, 0.4) is 0 Å². The van der Waals surface area contributed by atoms with E-state index in [1.165, 1.54) is 0 Å². The third kappa shape index (κ3) is 4.59. The first-order valence-electron chi connectivity index (χ1n) is 11.4. The first kappa shape index (κ1) is 23.6. The van der Waals surface area contributed by atoms with Gasteiger partial charge in [0.2, 0.25) is 0 Å². The highest BCUT2D eigenvalue weighted by Gasteiger charge is 2.28. The molecule has 4 aromatic rings. The number of ketones is 1. The van der Waals surface area contributed by atoms with E-state index in [2.05, 4.69) is 0 Å². The predicted molar refractivity (Wildman–Crippen MR) is 141 cm³/mol. The van der Waals surface area contributed by atoms with Gasteiger partial charge in [-0.3, -0.25) is 19.7 Å². The topological polar surface area (TPSA) is 51.7 Å². The van der Waals surface area contributed by atoms with Gasteiger partial charge in [0.25, 0.3) is 0 Å². The number of hydrogen-bond acceptors (Lipinski definition) is 5. The number of Topliss-reactive ketones (excluding diaryl/α,β-unsaturated/α-hetero) is 1. The van der Waals surface area contributed by atoms with Crippen LogP contribution >= 0.6 is 23.2 Å². The number of hydrogen-bond donors (Lipinski definition) is 0. The molecule has 0 spiro atoms. The molecule has 5 rings (SSSR count). The van der Waals surface area contributed by atoms with Crippen molar-refractivity contribution in [2.24, 2.45) is 0 Å². The maximum absolute atomic E-state index is 13.5. The summed E-state index contributed by atoms with van der Waals surface area (Å²) in [6, 6.07) is 19.1. The summed E-state index contributed by atoms with van der Waals surface area (Å²) >= 11 is 12.5. The molecule has 0 aliphatic carbocycles. The molecule has 1 aliphatic rings. The molecule has 0 bridgehead atoms. The smallest absolute Gasteiger partial charge is 0.145 e. The summed E-state index contributed by atoms with van der Waals surface area (Å²) < 4.78 is 5.75. The number of hydroxylamine groups is 1. The molecular formula is C28H24Cl2N2O3. The lowest BCUT2D eigenvalue weighted by molar-refractivity contribution is -0.120. The molecule has 1 atom stereocenters. The number of anilines is 1. The molecule has 2 heterocycles. The van der Waals surface area contributed by atoms with Gasteiger partial charge in [-0.2, -0.15) is 0 Å². The highest BCUT2D eigenvalue weighted by molar-refractivity contribution is 6.35. The summed E-state index contributed by atoms with van der Waals surface area (Å²) in [6.07, 6.45) is 2.66. The number of carbonyl (C=O) groups excluding carboxylic acids is 1. The first-order valence-corrected chi connectivity index (χ1v) is 12.1. The highest BCUT2D eigenvalue weighted by atomic mass is 35.5. The fourth-order valence-electron chi connectivity index (χ4n) is 4.77. The van der Waals surface area contributed by atoms with Crippen LogP contribution in [-0.4, -0.2) is 31.5 Å². The first-order chi connectivity index (χ1) is 17.0. The number of aromatic nitrogens is 1. The molecule has 1 aliphatic heterocycles. The Kier molecular flexibility index (Phi) is 6.65. The summed E-state index contributed by atoms with van der Waals surface area (Å²) in [5.41, 5.74) is 5.10. The number of para-hydroxylation sites is 2. The van der Waals surface area contributed by atoms with Gasteiger partial charge in [0.1, 0.15) is 11.5 Å². The Balaban J connectivity index is 1.59. The molecule has 0 saturated carbocycles. The van der Waals surface area contributed by atoms with E-state index >= 15 is 0 Å². The van der Waals surface area contributed by atoms with Crippen molar-refractivity contribution in [3.8, 4) is 16.9 Å². The number of fused-ring (bicyclic) bond motifs is 2. The predicted octanol–water partition coefficient (Wildman–Crippen LogP) is 6.88. The zero-order chi connectivity index (χ0) is 24.5. The average molecular weight is 507 g/mol. The molecule has 7 heteroatoms. The second-order valence-electron chi connectivity index (χ2n) is 8.54. The van der Waals surface area contributed by atoms with Gasteiger partial charge in [0.15, 0.2) is 0 Å². The minimum Gasteiger partial charge on any atom is -0.493 e.